The lowest BCUT2D eigenvalue weighted by Crippen LogP contribution is -1.88. The first-order valence-electron chi connectivity index (χ1n) is 3.74. The maximum atomic E-state index is 4.14. The topological polar surface area (TPSA) is 25.8 Å². The lowest BCUT2D eigenvalue weighted by atomic mass is 10.1. The molecule has 1 aromatic heterocycles. The van der Waals surface area contributed by atoms with Crippen LogP contribution in [0.3, 0.4) is 0 Å². The van der Waals surface area contributed by atoms with Crippen LogP contribution in [0.1, 0.15) is 11.4 Å². The van der Waals surface area contributed by atoms with E-state index in [1.807, 2.05) is 18.2 Å². The van der Waals surface area contributed by atoms with Crippen molar-refractivity contribution in [2.24, 2.45) is 0 Å². The van der Waals surface area contributed by atoms with Crippen LogP contribution in [0.15, 0.2) is 35.8 Å². The van der Waals surface area contributed by atoms with Gasteiger partial charge in [-0.15, -0.1) is 0 Å². The number of hydrogen-bond donors (Lipinski definition) is 0. The van der Waals surface area contributed by atoms with Crippen LogP contribution in [-0.2, 0) is 6.42 Å². The minimum atomic E-state index is 0.838. The number of rotatable bonds is 2. The van der Waals surface area contributed by atoms with Crippen LogP contribution in [0, 0.1) is 0 Å². The number of aromatic nitrogens is 2. The molecule has 0 amide bonds. The summed E-state index contributed by atoms with van der Waals surface area (Å²) in [6, 6.07) is 10.2. The molecule has 0 atom stereocenters. The van der Waals surface area contributed by atoms with Crippen molar-refractivity contribution in [3.8, 4) is 0 Å². The second kappa shape index (κ2) is 3.45. The van der Waals surface area contributed by atoms with Crippen molar-refractivity contribution in [3.63, 3.8) is 0 Å². The monoisotopic (exact) mass is 176 g/mol. The molecule has 3 heteroatoms. The first-order valence-corrected chi connectivity index (χ1v) is 4.58. The summed E-state index contributed by atoms with van der Waals surface area (Å²) in [4.78, 5) is 4.12. The highest BCUT2D eigenvalue weighted by molar-refractivity contribution is 7.03. The van der Waals surface area contributed by atoms with Crippen molar-refractivity contribution >= 4 is 11.5 Å². The van der Waals surface area contributed by atoms with Gasteiger partial charge in [0, 0.05) is 6.42 Å². The highest BCUT2D eigenvalue weighted by Crippen LogP contribution is 2.05. The molecule has 0 aliphatic rings. The van der Waals surface area contributed by atoms with E-state index in [1.54, 1.807) is 5.51 Å². The molecule has 0 N–H and O–H groups in total. The van der Waals surface area contributed by atoms with Crippen LogP contribution in [0.5, 0.6) is 0 Å². The van der Waals surface area contributed by atoms with Crippen molar-refractivity contribution in [2.75, 3.05) is 0 Å². The van der Waals surface area contributed by atoms with Crippen molar-refractivity contribution in [1.82, 2.24) is 9.36 Å². The molecule has 2 nitrogen and oxygen atoms in total. The maximum Gasteiger partial charge on any atom is 0.146 e. The molecular formula is C9H8N2S. The summed E-state index contributed by atoms with van der Waals surface area (Å²) in [6.45, 7) is 0. The summed E-state index contributed by atoms with van der Waals surface area (Å²) in [6.07, 6.45) is 0.838. The molecule has 2 rings (SSSR count). The maximum absolute atomic E-state index is 4.14. The average molecular weight is 176 g/mol. The van der Waals surface area contributed by atoms with Gasteiger partial charge in [0.2, 0.25) is 0 Å². The van der Waals surface area contributed by atoms with Crippen LogP contribution < -0.4 is 0 Å². The quantitative estimate of drug-likeness (QED) is 0.700. The van der Waals surface area contributed by atoms with E-state index in [-0.39, 0.29) is 0 Å². The molecule has 0 fully saturated rings. The van der Waals surface area contributed by atoms with E-state index in [9.17, 15) is 0 Å². The Bertz CT molecular complexity index is 329. The third kappa shape index (κ3) is 1.68. The Balaban J connectivity index is 2.15. The molecule has 0 aliphatic heterocycles. The Morgan fingerprint density at radius 1 is 1.17 bits per heavy atom. The van der Waals surface area contributed by atoms with Gasteiger partial charge in [-0.3, -0.25) is 0 Å². The third-order valence-electron chi connectivity index (χ3n) is 1.61. The first-order chi connectivity index (χ1) is 5.95. The molecule has 0 aliphatic carbocycles. The number of hydrogen-bond acceptors (Lipinski definition) is 3. The Morgan fingerprint density at radius 2 is 2.00 bits per heavy atom. The highest BCUT2D eigenvalue weighted by Gasteiger charge is 1.97. The van der Waals surface area contributed by atoms with Crippen molar-refractivity contribution in [2.45, 2.75) is 6.42 Å². The Labute approximate surface area is 75.1 Å². The van der Waals surface area contributed by atoms with Gasteiger partial charge in [-0.05, 0) is 17.1 Å². The zero-order valence-electron chi connectivity index (χ0n) is 6.47. The van der Waals surface area contributed by atoms with Crippen LogP contribution >= 0.6 is 11.5 Å². The molecule has 0 saturated carbocycles. The molecule has 1 aromatic carbocycles. The average Bonchev–Trinajstić information content (AvgIpc) is 2.59. The fourth-order valence-electron chi connectivity index (χ4n) is 1.05. The zero-order valence-corrected chi connectivity index (χ0v) is 7.29. The molecule has 12 heavy (non-hydrogen) atoms. The summed E-state index contributed by atoms with van der Waals surface area (Å²) in [5.74, 6) is 0.909. The van der Waals surface area contributed by atoms with Gasteiger partial charge in [0.05, 0.1) is 0 Å². The minimum absolute atomic E-state index is 0.838. The van der Waals surface area contributed by atoms with Gasteiger partial charge >= 0.3 is 0 Å². The Hall–Kier alpha value is -1.22. The molecule has 0 unspecified atom stereocenters. The summed E-state index contributed by atoms with van der Waals surface area (Å²) in [7, 11) is 0. The normalized spacial score (nSPS) is 10.0. The van der Waals surface area contributed by atoms with E-state index in [2.05, 4.69) is 21.5 Å². The van der Waals surface area contributed by atoms with Crippen molar-refractivity contribution in [3.05, 3.63) is 47.2 Å². The second-order valence-electron chi connectivity index (χ2n) is 2.51. The van der Waals surface area contributed by atoms with E-state index in [0.29, 0.717) is 0 Å². The van der Waals surface area contributed by atoms with Gasteiger partial charge < -0.3 is 0 Å². The van der Waals surface area contributed by atoms with Gasteiger partial charge in [0.15, 0.2) is 0 Å². The Kier molecular flexibility index (Phi) is 2.14. The van der Waals surface area contributed by atoms with Crippen molar-refractivity contribution in [1.29, 1.82) is 0 Å². The smallest absolute Gasteiger partial charge is 0.146 e. The molecule has 0 radical (unpaired) electrons. The van der Waals surface area contributed by atoms with Crippen LogP contribution in [0.4, 0.5) is 0 Å². The van der Waals surface area contributed by atoms with Gasteiger partial charge in [-0.25, -0.2) is 4.98 Å². The first kappa shape index (κ1) is 7.43. The van der Waals surface area contributed by atoms with Crippen LogP contribution in [0.2, 0.25) is 0 Å². The van der Waals surface area contributed by atoms with E-state index in [1.165, 1.54) is 17.1 Å². The van der Waals surface area contributed by atoms with Crippen LogP contribution in [-0.4, -0.2) is 9.36 Å². The third-order valence-corrected chi connectivity index (χ3v) is 2.13. The molecule has 0 saturated heterocycles. The molecule has 2 aromatic rings. The minimum Gasteiger partial charge on any atom is -0.228 e. The van der Waals surface area contributed by atoms with E-state index in [0.717, 1.165) is 12.2 Å². The second-order valence-corrected chi connectivity index (χ2v) is 3.11. The predicted molar refractivity (Wildman–Crippen MR) is 49.2 cm³/mol. The fourth-order valence-corrected chi connectivity index (χ4v) is 1.50. The molecule has 0 bridgehead atoms. The van der Waals surface area contributed by atoms with E-state index in [4.69, 9.17) is 0 Å². The van der Waals surface area contributed by atoms with Gasteiger partial charge in [0.1, 0.15) is 11.3 Å². The largest absolute Gasteiger partial charge is 0.228 e. The van der Waals surface area contributed by atoms with E-state index < -0.39 is 0 Å². The van der Waals surface area contributed by atoms with Gasteiger partial charge in [0.25, 0.3) is 0 Å². The molecule has 0 spiro atoms. The van der Waals surface area contributed by atoms with E-state index >= 15 is 0 Å². The summed E-state index contributed by atoms with van der Waals surface area (Å²) in [5, 5.41) is 0. The molecule has 1 heterocycles. The number of benzene rings is 1. The lowest BCUT2D eigenvalue weighted by molar-refractivity contribution is 1.04. The summed E-state index contributed by atoms with van der Waals surface area (Å²) < 4.78 is 4.14. The lowest BCUT2D eigenvalue weighted by Gasteiger charge is -1.94. The zero-order chi connectivity index (χ0) is 8.23. The van der Waals surface area contributed by atoms with Crippen LogP contribution in [0.25, 0.3) is 0 Å². The SMILES string of the molecule is c1ccc(Cc2ncsn2)cc1. The van der Waals surface area contributed by atoms with Gasteiger partial charge in [-0.2, -0.15) is 4.37 Å². The standard InChI is InChI=1S/C9H8N2S/c1-2-4-8(5-3-1)6-9-10-7-12-11-9/h1-5,7H,6H2. The summed E-state index contributed by atoms with van der Waals surface area (Å²) >= 11 is 1.40. The van der Waals surface area contributed by atoms with Gasteiger partial charge in [-0.1, -0.05) is 30.3 Å². The predicted octanol–water partition coefficient (Wildman–Crippen LogP) is 2.13. The number of nitrogens with zero attached hydrogens (tertiary/aromatic N) is 2. The Morgan fingerprint density at radius 3 is 2.67 bits per heavy atom. The molecule has 60 valence electrons. The van der Waals surface area contributed by atoms with Crippen molar-refractivity contribution < 1.29 is 0 Å². The highest BCUT2D eigenvalue weighted by atomic mass is 32.1. The molecular weight excluding hydrogens is 168 g/mol. The summed E-state index contributed by atoms with van der Waals surface area (Å²) in [5.41, 5.74) is 3.02. The fraction of sp³-hybridized carbons (Fsp3) is 0.111.